The first-order valence-corrected chi connectivity index (χ1v) is 8.46. The molecule has 0 fully saturated rings. The van der Waals surface area contributed by atoms with Crippen LogP contribution in [0.3, 0.4) is 0 Å². The quantitative estimate of drug-likeness (QED) is 0.636. The number of aromatic nitrogens is 4. The summed E-state index contributed by atoms with van der Waals surface area (Å²) in [4.78, 5) is 6.86. The van der Waals surface area contributed by atoms with E-state index in [1.54, 1.807) is 0 Å². The number of halogens is 5. The van der Waals surface area contributed by atoms with Gasteiger partial charge in [-0.25, -0.2) is 14.6 Å². The lowest BCUT2D eigenvalue weighted by Gasteiger charge is -2.40. The van der Waals surface area contributed by atoms with Crippen molar-refractivity contribution in [3.63, 3.8) is 0 Å². The van der Waals surface area contributed by atoms with Gasteiger partial charge in [-0.1, -0.05) is 31.6 Å². The van der Waals surface area contributed by atoms with Crippen LogP contribution >= 0.6 is 10.2 Å². The van der Waals surface area contributed by atoms with Crippen LogP contribution in [-0.4, -0.2) is 26.9 Å². The highest BCUT2D eigenvalue weighted by Crippen LogP contribution is 3.02. The summed E-state index contributed by atoms with van der Waals surface area (Å²) in [5, 5.41) is 1.48. The fourth-order valence-corrected chi connectivity index (χ4v) is 3.28. The number of fused-ring (bicyclic) bond motifs is 1. The molecule has 0 saturated carbocycles. The number of rotatable bonds is 4. The van der Waals surface area contributed by atoms with E-state index in [4.69, 9.17) is 4.74 Å². The minimum Gasteiger partial charge on any atom is -0.497 e. The van der Waals surface area contributed by atoms with Crippen molar-refractivity contribution in [2.24, 2.45) is 0 Å². The second-order valence-corrected chi connectivity index (χ2v) is 7.36. The highest BCUT2D eigenvalue weighted by molar-refractivity contribution is 8.45. The van der Waals surface area contributed by atoms with E-state index >= 15 is 0 Å². The van der Waals surface area contributed by atoms with Gasteiger partial charge >= 0.3 is 10.2 Å². The molecule has 5 nitrogen and oxygen atoms in total. The maximum Gasteiger partial charge on any atom is 0.327 e. The Kier molecular flexibility index (Phi) is 3.12. The first-order chi connectivity index (χ1) is 11.0. The highest BCUT2D eigenvalue weighted by atomic mass is 32.5. The largest absolute Gasteiger partial charge is 0.497 e. The fraction of sp³-hybridized carbons (Fsp3) is 0.154. The van der Waals surface area contributed by atoms with Crippen LogP contribution in [0.1, 0.15) is 5.56 Å². The van der Waals surface area contributed by atoms with Gasteiger partial charge in [0.25, 0.3) is 0 Å². The summed E-state index contributed by atoms with van der Waals surface area (Å²) in [5.41, 5.74) is -0.924. The molecule has 2 heterocycles. The van der Waals surface area contributed by atoms with Gasteiger partial charge in [-0.2, -0.15) is 5.10 Å². The summed E-state index contributed by atoms with van der Waals surface area (Å²) in [7, 11) is -8.57. The van der Waals surface area contributed by atoms with Gasteiger partial charge in [0, 0.05) is 0 Å². The Labute approximate surface area is 132 Å². The van der Waals surface area contributed by atoms with Crippen molar-refractivity contribution >= 4 is 21.3 Å². The standard InChI is InChI=1S/C13H11F5N4OS/c1-23-10-4-2-9(3-5-10)7-22-13(24(14,15,16,17)18)12-11(21-22)6-19-8-20-12/h2-6,8H,7H2,1H3. The van der Waals surface area contributed by atoms with Gasteiger partial charge in [0.2, 0.25) is 5.03 Å². The average molecular weight is 366 g/mol. The molecular weight excluding hydrogens is 355 g/mol. The third-order valence-corrected chi connectivity index (χ3v) is 4.35. The van der Waals surface area contributed by atoms with Gasteiger partial charge in [-0.05, 0) is 17.7 Å². The number of hydrogen-bond donors (Lipinski definition) is 0. The van der Waals surface area contributed by atoms with Crippen LogP contribution < -0.4 is 4.74 Å². The summed E-state index contributed by atoms with van der Waals surface area (Å²) >= 11 is 0. The zero-order valence-electron chi connectivity index (χ0n) is 12.2. The molecule has 0 aliphatic rings. The summed E-state index contributed by atoms with van der Waals surface area (Å²) < 4.78 is 72.4. The van der Waals surface area contributed by atoms with Gasteiger partial charge in [0.1, 0.15) is 23.1 Å². The molecule has 130 valence electrons. The van der Waals surface area contributed by atoms with Crippen molar-refractivity contribution < 1.29 is 24.2 Å². The minimum absolute atomic E-state index is 0.225. The van der Waals surface area contributed by atoms with Crippen molar-refractivity contribution in [1.29, 1.82) is 0 Å². The van der Waals surface area contributed by atoms with Crippen molar-refractivity contribution in [3.8, 4) is 5.75 Å². The lowest BCUT2D eigenvalue weighted by molar-refractivity contribution is 0.348. The number of hydrogen-bond acceptors (Lipinski definition) is 4. The molecule has 0 spiro atoms. The predicted molar refractivity (Wildman–Crippen MR) is 78.8 cm³/mol. The van der Waals surface area contributed by atoms with E-state index in [-0.39, 0.29) is 10.2 Å². The Bertz CT molecular complexity index is 908. The van der Waals surface area contributed by atoms with Crippen LogP contribution in [0.25, 0.3) is 11.0 Å². The predicted octanol–water partition coefficient (Wildman–Crippen LogP) is 4.54. The first kappa shape index (κ1) is 16.4. The smallest absolute Gasteiger partial charge is 0.327 e. The SMILES string of the molecule is COc1ccc(Cn2nc3cncnc3c2S(F)(F)(F)(F)F)cc1. The molecule has 1 aromatic carbocycles. The van der Waals surface area contributed by atoms with Crippen LogP contribution in [0.15, 0.2) is 41.8 Å². The zero-order chi connectivity index (χ0) is 17.7. The van der Waals surface area contributed by atoms with Crippen LogP contribution in [0.2, 0.25) is 0 Å². The summed E-state index contributed by atoms with van der Waals surface area (Å²) in [5.74, 6) is 0.489. The fourth-order valence-electron chi connectivity index (χ4n) is 2.25. The Hall–Kier alpha value is -2.43. The van der Waals surface area contributed by atoms with Crippen LogP contribution in [-0.2, 0) is 6.54 Å². The van der Waals surface area contributed by atoms with Gasteiger partial charge in [-0.15, -0.1) is 0 Å². The number of ether oxygens (including phenoxy) is 1. The molecule has 2 aromatic heterocycles. The Morgan fingerprint density at radius 2 is 1.75 bits per heavy atom. The molecule has 0 saturated heterocycles. The molecule has 3 aromatic rings. The third-order valence-electron chi connectivity index (χ3n) is 3.22. The number of methoxy groups -OCH3 is 1. The van der Waals surface area contributed by atoms with Crippen LogP contribution in [0.5, 0.6) is 5.75 Å². The van der Waals surface area contributed by atoms with E-state index < -0.39 is 27.3 Å². The lowest BCUT2D eigenvalue weighted by atomic mass is 10.2. The third kappa shape index (κ3) is 3.11. The molecule has 11 heteroatoms. The van der Waals surface area contributed by atoms with Crippen molar-refractivity contribution in [1.82, 2.24) is 19.7 Å². The monoisotopic (exact) mass is 366 g/mol. The molecule has 0 amide bonds. The summed E-state index contributed by atoms with van der Waals surface area (Å²) in [6, 6.07) is 5.95. The molecule has 0 aliphatic heterocycles. The Morgan fingerprint density at radius 3 is 2.33 bits per heavy atom. The molecule has 0 aliphatic carbocycles. The molecule has 0 bridgehead atoms. The van der Waals surface area contributed by atoms with E-state index in [2.05, 4.69) is 15.1 Å². The molecule has 0 atom stereocenters. The number of benzene rings is 1. The number of nitrogens with zero attached hydrogens (tertiary/aromatic N) is 4. The highest BCUT2D eigenvalue weighted by Gasteiger charge is 2.69. The van der Waals surface area contributed by atoms with Crippen LogP contribution in [0, 0.1) is 0 Å². The molecule has 0 unspecified atom stereocenters. The molecule has 0 radical (unpaired) electrons. The average Bonchev–Trinajstić information content (AvgIpc) is 2.85. The second kappa shape index (κ2) is 4.56. The molecular formula is C13H11F5N4OS. The second-order valence-electron chi connectivity index (χ2n) is 5.04. The van der Waals surface area contributed by atoms with Gasteiger partial charge in [0.05, 0.1) is 19.9 Å². The van der Waals surface area contributed by atoms with Crippen molar-refractivity contribution in [2.75, 3.05) is 7.11 Å². The summed E-state index contributed by atoms with van der Waals surface area (Å²) in [6.45, 7) is -0.499. The maximum absolute atomic E-state index is 13.5. The van der Waals surface area contributed by atoms with E-state index in [0.29, 0.717) is 11.3 Å². The molecule has 0 N–H and O–H groups in total. The maximum atomic E-state index is 13.5. The zero-order valence-corrected chi connectivity index (χ0v) is 13.0. The van der Waals surface area contributed by atoms with Crippen molar-refractivity contribution in [2.45, 2.75) is 11.6 Å². The lowest BCUT2D eigenvalue weighted by Crippen LogP contribution is -2.15. The Morgan fingerprint density at radius 1 is 1.08 bits per heavy atom. The van der Waals surface area contributed by atoms with Gasteiger partial charge in [0.15, 0.2) is 0 Å². The van der Waals surface area contributed by atoms with Crippen molar-refractivity contribution in [3.05, 3.63) is 42.4 Å². The molecule has 3 rings (SSSR count). The van der Waals surface area contributed by atoms with E-state index in [0.717, 1.165) is 12.5 Å². The topological polar surface area (TPSA) is 52.8 Å². The normalized spacial score (nSPS) is 15.1. The first-order valence-electron chi connectivity index (χ1n) is 6.51. The van der Waals surface area contributed by atoms with E-state index in [1.807, 2.05) is 0 Å². The van der Waals surface area contributed by atoms with E-state index in [9.17, 15) is 19.4 Å². The van der Waals surface area contributed by atoms with Gasteiger partial charge < -0.3 is 4.74 Å². The van der Waals surface area contributed by atoms with E-state index in [1.165, 1.54) is 31.4 Å². The Balaban J connectivity index is 2.17. The van der Waals surface area contributed by atoms with Gasteiger partial charge in [-0.3, -0.25) is 0 Å². The molecule has 24 heavy (non-hydrogen) atoms. The minimum atomic E-state index is -10.0. The van der Waals surface area contributed by atoms with Crippen LogP contribution in [0.4, 0.5) is 19.4 Å². The summed E-state index contributed by atoms with van der Waals surface area (Å²) in [6.07, 6.45) is 1.73.